The lowest BCUT2D eigenvalue weighted by molar-refractivity contribution is 0.246. The SMILES string of the molecule is COc1cccc(CO)c1OCc1nnn(C)n1. The van der Waals surface area contributed by atoms with Gasteiger partial charge in [-0.05, 0) is 11.3 Å². The number of aliphatic hydroxyl groups is 1. The topological polar surface area (TPSA) is 82.3 Å². The van der Waals surface area contributed by atoms with Crippen molar-refractivity contribution in [2.75, 3.05) is 7.11 Å². The number of benzene rings is 1. The molecule has 0 atom stereocenters. The van der Waals surface area contributed by atoms with E-state index >= 15 is 0 Å². The molecule has 2 aromatic rings. The Balaban J connectivity index is 2.17. The van der Waals surface area contributed by atoms with Crippen LogP contribution in [0.5, 0.6) is 11.5 Å². The molecule has 1 aromatic heterocycles. The lowest BCUT2D eigenvalue weighted by Gasteiger charge is -2.12. The molecule has 2 rings (SSSR count). The molecule has 1 N–H and O–H groups in total. The van der Waals surface area contributed by atoms with Crippen LogP contribution in [0.4, 0.5) is 0 Å². The molecule has 0 aliphatic heterocycles. The van der Waals surface area contributed by atoms with E-state index < -0.39 is 0 Å². The number of hydrogen-bond acceptors (Lipinski definition) is 6. The number of para-hydroxylation sites is 1. The highest BCUT2D eigenvalue weighted by atomic mass is 16.5. The highest BCUT2D eigenvalue weighted by molar-refractivity contribution is 5.46. The molecule has 0 saturated heterocycles. The number of rotatable bonds is 5. The van der Waals surface area contributed by atoms with Gasteiger partial charge in [-0.2, -0.15) is 4.80 Å². The summed E-state index contributed by atoms with van der Waals surface area (Å²) in [6.45, 7) is 0.0433. The first kappa shape index (κ1) is 12.3. The fraction of sp³-hybridized carbons (Fsp3) is 0.364. The van der Waals surface area contributed by atoms with Crippen molar-refractivity contribution in [3.63, 3.8) is 0 Å². The predicted octanol–water partition coefficient (Wildman–Crippen LogP) is 0.290. The van der Waals surface area contributed by atoms with E-state index in [-0.39, 0.29) is 13.2 Å². The molecule has 18 heavy (non-hydrogen) atoms. The van der Waals surface area contributed by atoms with Crippen molar-refractivity contribution in [3.05, 3.63) is 29.6 Å². The van der Waals surface area contributed by atoms with Crippen molar-refractivity contribution >= 4 is 0 Å². The van der Waals surface area contributed by atoms with Crippen LogP contribution in [0.3, 0.4) is 0 Å². The van der Waals surface area contributed by atoms with Gasteiger partial charge in [-0.3, -0.25) is 0 Å². The minimum absolute atomic E-state index is 0.125. The summed E-state index contributed by atoms with van der Waals surface area (Å²) >= 11 is 0. The average Bonchev–Trinajstić information content (AvgIpc) is 2.81. The molecule has 0 amide bonds. The largest absolute Gasteiger partial charge is 0.493 e. The smallest absolute Gasteiger partial charge is 0.212 e. The van der Waals surface area contributed by atoms with Gasteiger partial charge in [0, 0.05) is 5.56 Å². The lowest BCUT2D eigenvalue weighted by Crippen LogP contribution is -2.03. The van der Waals surface area contributed by atoms with Crippen LogP contribution in [0.2, 0.25) is 0 Å². The van der Waals surface area contributed by atoms with Gasteiger partial charge < -0.3 is 14.6 Å². The van der Waals surface area contributed by atoms with Crippen LogP contribution in [0.1, 0.15) is 11.4 Å². The van der Waals surface area contributed by atoms with Crippen LogP contribution >= 0.6 is 0 Å². The minimum Gasteiger partial charge on any atom is -0.493 e. The van der Waals surface area contributed by atoms with E-state index in [1.807, 2.05) is 0 Å². The van der Waals surface area contributed by atoms with Gasteiger partial charge in [0.1, 0.15) is 0 Å². The fourth-order valence-corrected chi connectivity index (χ4v) is 1.53. The number of hydrogen-bond donors (Lipinski definition) is 1. The second-order valence-corrected chi connectivity index (χ2v) is 3.59. The molecule has 0 aliphatic rings. The average molecular weight is 250 g/mol. The number of aromatic nitrogens is 4. The molecule has 7 nitrogen and oxygen atoms in total. The van der Waals surface area contributed by atoms with E-state index in [2.05, 4.69) is 15.4 Å². The predicted molar refractivity (Wildman–Crippen MR) is 62.0 cm³/mol. The maximum atomic E-state index is 9.26. The van der Waals surface area contributed by atoms with Crippen molar-refractivity contribution in [2.24, 2.45) is 7.05 Å². The van der Waals surface area contributed by atoms with E-state index in [0.717, 1.165) is 0 Å². The Morgan fingerprint density at radius 3 is 2.83 bits per heavy atom. The normalized spacial score (nSPS) is 10.4. The zero-order valence-electron chi connectivity index (χ0n) is 10.2. The van der Waals surface area contributed by atoms with Gasteiger partial charge in [0.15, 0.2) is 18.1 Å². The summed E-state index contributed by atoms with van der Waals surface area (Å²) in [5.74, 6) is 1.52. The minimum atomic E-state index is -0.125. The third kappa shape index (κ3) is 2.57. The zero-order valence-corrected chi connectivity index (χ0v) is 10.2. The van der Waals surface area contributed by atoms with Crippen molar-refractivity contribution in [1.82, 2.24) is 20.2 Å². The molecule has 7 heteroatoms. The quantitative estimate of drug-likeness (QED) is 0.821. The van der Waals surface area contributed by atoms with Crippen molar-refractivity contribution < 1.29 is 14.6 Å². The zero-order chi connectivity index (χ0) is 13.0. The van der Waals surface area contributed by atoms with Gasteiger partial charge in [0.2, 0.25) is 5.82 Å². The van der Waals surface area contributed by atoms with Crippen LogP contribution in [0, 0.1) is 0 Å². The Hall–Kier alpha value is -2.15. The Bertz CT molecular complexity index is 505. The molecule has 96 valence electrons. The Labute approximate surface area is 104 Å². The fourth-order valence-electron chi connectivity index (χ4n) is 1.53. The Morgan fingerprint density at radius 2 is 2.22 bits per heavy atom. The summed E-state index contributed by atoms with van der Waals surface area (Å²) in [6.07, 6.45) is 0. The molecule has 0 fully saturated rings. The molecular weight excluding hydrogens is 236 g/mol. The van der Waals surface area contributed by atoms with Gasteiger partial charge >= 0.3 is 0 Å². The maximum Gasteiger partial charge on any atom is 0.212 e. The Kier molecular flexibility index (Phi) is 3.73. The van der Waals surface area contributed by atoms with Gasteiger partial charge in [0.25, 0.3) is 0 Å². The van der Waals surface area contributed by atoms with E-state index in [1.54, 1.807) is 32.4 Å². The summed E-state index contributed by atoms with van der Waals surface area (Å²) < 4.78 is 10.8. The molecule has 0 spiro atoms. The summed E-state index contributed by atoms with van der Waals surface area (Å²) in [5, 5.41) is 20.8. The number of ether oxygens (including phenoxy) is 2. The van der Waals surface area contributed by atoms with Gasteiger partial charge in [-0.25, -0.2) is 0 Å². The molecule has 0 bridgehead atoms. The van der Waals surface area contributed by atoms with E-state index in [1.165, 1.54) is 4.80 Å². The van der Waals surface area contributed by atoms with E-state index in [9.17, 15) is 5.11 Å². The first-order chi connectivity index (χ1) is 8.74. The highest BCUT2D eigenvalue weighted by Gasteiger charge is 2.11. The standard InChI is InChI=1S/C11H14N4O3/c1-15-13-10(12-14-15)7-18-11-8(6-16)4-3-5-9(11)17-2/h3-5,16H,6-7H2,1-2H3. The van der Waals surface area contributed by atoms with Crippen LogP contribution in [0.25, 0.3) is 0 Å². The van der Waals surface area contributed by atoms with Gasteiger partial charge in [-0.1, -0.05) is 12.1 Å². The molecule has 0 saturated carbocycles. The number of tetrazole rings is 1. The molecule has 1 heterocycles. The molecule has 1 aromatic carbocycles. The Morgan fingerprint density at radius 1 is 1.39 bits per heavy atom. The van der Waals surface area contributed by atoms with Gasteiger partial charge in [0.05, 0.1) is 20.8 Å². The van der Waals surface area contributed by atoms with E-state index in [0.29, 0.717) is 22.9 Å². The summed E-state index contributed by atoms with van der Waals surface area (Å²) in [7, 11) is 3.22. The maximum absolute atomic E-state index is 9.26. The first-order valence-electron chi connectivity index (χ1n) is 5.37. The lowest BCUT2D eigenvalue weighted by atomic mass is 10.2. The number of aryl methyl sites for hydroxylation is 1. The van der Waals surface area contributed by atoms with Crippen LogP contribution in [-0.2, 0) is 20.3 Å². The molecule has 0 unspecified atom stereocenters. The summed E-state index contributed by atoms with van der Waals surface area (Å²) in [6, 6.07) is 5.32. The first-order valence-corrected chi connectivity index (χ1v) is 5.37. The summed E-state index contributed by atoms with van der Waals surface area (Å²) in [4.78, 5) is 1.36. The summed E-state index contributed by atoms with van der Waals surface area (Å²) in [5.41, 5.74) is 0.651. The monoisotopic (exact) mass is 250 g/mol. The van der Waals surface area contributed by atoms with Crippen molar-refractivity contribution in [2.45, 2.75) is 13.2 Å². The second kappa shape index (κ2) is 5.46. The third-order valence-corrected chi connectivity index (χ3v) is 2.35. The van der Waals surface area contributed by atoms with Crippen LogP contribution in [-0.4, -0.2) is 32.4 Å². The molecule has 0 radical (unpaired) electrons. The second-order valence-electron chi connectivity index (χ2n) is 3.59. The third-order valence-electron chi connectivity index (χ3n) is 2.35. The van der Waals surface area contributed by atoms with Gasteiger partial charge in [-0.15, -0.1) is 10.2 Å². The number of aliphatic hydroxyl groups excluding tert-OH is 1. The number of nitrogens with zero attached hydrogens (tertiary/aromatic N) is 4. The number of methoxy groups -OCH3 is 1. The van der Waals surface area contributed by atoms with E-state index in [4.69, 9.17) is 9.47 Å². The molecule has 0 aliphatic carbocycles. The van der Waals surface area contributed by atoms with Crippen molar-refractivity contribution in [1.29, 1.82) is 0 Å². The van der Waals surface area contributed by atoms with Crippen LogP contribution in [0.15, 0.2) is 18.2 Å². The highest BCUT2D eigenvalue weighted by Crippen LogP contribution is 2.31. The van der Waals surface area contributed by atoms with Crippen LogP contribution < -0.4 is 9.47 Å². The van der Waals surface area contributed by atoms with Crippen molar-refractivity contribution in [3.8, 4) is 11.5 Å². The molecular formula is C11H14N4O3.